The van der Waals surface area contributed by atoms with Gasteiger partial charge in [0, 0.05) is 10.8 Å². The van der Waals surface area contributed by atoms with E-state index in [-0.39, 0.29) is 11.8 Å². The molecule has 0 saturated heterocycles. The highest BCUT2D eigenvalue weighted by atomic mass is 16.3. The summed E-state index contributed by atoms with van der Waals surface area (Å²) in [5.74, 6) is 3.18. The Balaban J connectivity index is 1.11. The van der Waals surface area contributed by atoms with Crippen molar-refractivity contribution in [3.63, 3.8) is 0 Å². The SMILES string of the molecule is CC(C)c1cc(-c2ccc(C(C)(C3CC3)C3CC3)cc2)cc(C(C)C)c1-n1c(-c2cccc3c2oc2cc4c(ccc5ccccc54)cc23)nc2ccccc21. The van der Waals surface area contributed by atoms with E-state index in [9.17, 15) is 0 Å². The van der Waals surface area contributed by atoms with E-state index in [0.29, 0.717) is 5.41 Å². The Labute approximate surface area is 329 Å². The molecule has 2 aliphatic carbocycles. The Kier molecular flexibility index (Phi) is 7.46. The van der Waals surface area contributed by atoms with Gasteiger partial charge >= 0.3 is 0 Å². The summed E-state index contributed by atoms with van der Waals surface area (Å²) >= 11 is 0. The molecular weight excluding hydrogens is 681 g/mol. The van der Waals surface area contributed by atoms with Crippen LogP contribution in [0.3, 0.4) is 0 Å². The second-order valence-corrected chi connectivity index (χ2v) is 17.6. The van der Waals surface area contributed by atoms with Crippen LogP contribution in [-0.2, 0) is 5.41 Å². The van der Waals surface area contributed by atoms with Crippen LogP contribution < -0.4 is 0 Å². The summed E-state index contributed by atoms with van der Waals surface area (Å²) in [4.78, 5) is 5.43. The van der Waals surface area contributed by atoms with Gasteiger partial charge in [-0.3, -0.25) is 4.57 Å². The van der Waals surface area contributed by atoms with E-state index in [1.54, 1.807) is 0 Å². The van der Waals surface area contributed by atoms with E-state index in [1.807, 2.05) is 0 Å². The van der Waals surface area contributed by atoms with Gasteiger partial charge in [0.25, 0.3) is 0 Å². The van der Waals surface area contributed by atoms with Crippen molar-refractivity contribution in [3.8, 4) is 28.2 Å². The Bertz CT molecular complexity index is 2960. The number of furan rings is 1. The maximum atomic E-state index is 6.93. The molecule has 3 nitrogen and oxygen atoms in total. The third-order valence-electron chi connectivity index (χ3n) is 13.5. The van der Waals surface area contributed by atoms with Gasteiger partial charge in [0.2, 0.25) is 0 Å². The zero-order valence-electron chi connectivity index (χ0n) is 33.1. The molecule has 0 aliphatic heterocycles. The zero-order chi connectivity index (χ0) is 37.9. The quantitative estimate of drug-likeness (QED) is 0.146. The van der Waals surface area contributed by atoms with Crippen molar-refractivity contribution in [2.75, 3.05) is 0 Å². The van der Waals surface area contributed by atoms with E-state index in [1.165, 1.54) is 80.7 Å². The van der Waals surface area contributed by atoms with Gasteiger partial charge < -0.3 is 4.42 Å². The van der Waals surface area contributed by atoms with Crippen molar-refractivity contribution in [1.29, 1.82) is 0 Å². The highest BCUT2D eigenvalue weighted by Crippen LogP contribution is 2.59. The van der Waals surface area contributed by atoms with Crippen LogP contribution in [0, 0.1) is 11.8 Å². The predicted octanol–water partition coefficient (Wildman–Crippen LogP) is 14.9. The maximum absolute atomic E-state index is 6.93. The number of benzene rings is 7. The molecule has 0 spiro atoms. The minimum atomic E-state index is 0.285. The molecule has 0 N–H and O–H groups in total. The first-order valence-corrected chi connectivity index (χ1v) is 20.8. The van der Waals surface area contributed by atoms with Crippen LogP contribution in [0.25, 0.3) is 82.7 Å². The lowest BCUT2D eigenvalue weighted by Gasteiger charge is -2.31. The van der Waals surface area contributed by atoms with Crippen molar-refractivity contribution in [3.05, 3.63) is 144 Å². The predicted molar refractivity (Wildman–Crippen MR) is 235 cm³/mol. The van der Waals surface area contributed by atoms with E-state index < -0.39 is 0 Å². The topological polar surface area (TPSA) is 31.0 Å². The highest BCUT2D eigenvalue weighted by Gasteiger charge is 2.51. The number of aromatic nitrogens is 2. The first-order chi connectivity index (χ1) is 27.3. The number of rotatable bonds is 8. The van der Waals surface area contributed by atoms with Crippen LogP contribution in [-0.4, -0.2) is 9.55 Å². The fraction of sp³-hybridized carbons (Fsp3) is 0.264. The molecule has 0 radical (unpaired) electrons. The Morgan fingerprint density at radius 1 is 0.607 bits per heavy atom. The second-order valence-electron chi connectivity index (χ2n) is 17.6. The van der Waals surface area contributed by atoms with Gasteiger partial charge in [0.15, 0.2) is 0 Å². The first-order valence-electron chi connectivity index (χ1n) is 20.8. The van der Waals surface area contributed by atoms with Crippen LogP contribution in [0.5, 0.6) is 0 Å². The number of imidazole rings is 1. The fourth-order valence-corrected chi connectivity index (χ4v) is 10.1. The van der Waals surface area contributed by atoms with Crippen molar-refractivity contribution < 1.29 is 4.42 Å². The van der Waals surface area contributed by atoms with Crippen LogP contribution in [0.4, 0.5) is 0 Å². The molecule has 2 fully saturated rings. The molecular formula is C53H48N2O. The molecule has 9 aromatic rings. The number of fused-ring (bicyclic) bond motifs is 7. The van der Waals surface area contributed by atoms with Crippen LogP contribution in [0.2, 0.25) is 0 Å². The molecule has 0 amide bonds. The molecule has 276 valence electrons. The van der Waals surface area contributed by atoms with Gasteiger partial charge in [0.1, 0.15) is 17.0 Å². The van der Waals surface area contributed by atoms with Crippen LogP contribution in [0.1, 0.15) is 88.8 Å². The third kappa shape index (κ3) is 5.13. The molecule has 3 heteroatoms. The van der Waals surface area contributed by atoms with Crippen molar-refractivity contribution in [1.82, 2.24) is 9.55 Å². The molecule has 2 saturated carbocycles. The lowest BCUT2D eigenvalue weighted by Crippen LogP contribution is -2.27. The summed E-state index contributed by atoms with van der Waals surface area (Å²) in [6, 6.07) is 47.3. The lowest BCUT2D eigenvalue weighted by atomic mass is 9.73. The summed E-state index contributed by atoms with van der Waals surface area (Å²) in [5, 5.41) is 7.14. The van der Waals surface area contributed by atoms with Crippen molar-refractivity contribution in [2.45, 2.75) is 77.6 Å². The average molecular weight is 729 g/mol. The molecule has 56 heavy (non-hydrogen) atoms. The first kappa shape index (κ1) is 33.6. The number of nitrogens with zero attached hydrogens (tertiary/aromatic N) is 2. The Hall–Kier alpha value is -5.67. The van der Waals surface area contributed by atoms with E-state index in [0.717, 1.165) is 56.2 Å². The minimum absolute atomic E-state index is 0.285. The molecule has 0 unspecified atom stereocenters. The van der Waals surface area contributed by atoms with Crippen LogP contribution in [0.15, 0.2) is 132 Å². The Morgan fingerprint density at radius 2 is 1.27 bits per heavy atom. The summed E-state index contributed by atoms with van der Waals surface area (Å²) in [6.45, 7) is 11.9. The normalized spacial score (nSPS) is 15.1. The number of para-hydroxylation sites is 3. The lowest BCUT2D eigenvalue weighted by molar-refractivity contribution is 0.354. The summed E-state index contributed by atoms with van der Waals surface area (Å²) < 4.78 is 9.37. The summed E-state index contributed by atoms with van der Waals surface area (Å²) in [7, 11) is 0. The van der Waals surface area contributed by atoms with Gasteiger partial charge in [0.05, 0.1) is 22.3 Å². The smallest absolute Gasteiger partial charge is 0.149 e. The highest BCUT2D eigenvalue weighted by molar-refractivity contribution is 6.17. The van der Waals surface area contributed by atoms with E-state index in [4.69, 9.17) is 9.40 Å². The molecule has 2 heterocycles. The molecule has 0 atom stereocenters. The minimum Gasteiger partial charge on any atom is -0.455 e. The van der Waals surface area contributed by atoms with Crippen molar-refractivity contribution in [2.24, 2.45) is 11.8 Å². The third-order valence-corrected chi connectivity index (χ3v) is 13.5. The van der Waals surface area contributed by atoms with Gasteiger partial charge in [-0.2, -0.15) is 0 Å². The van der Waals surface area contributed by atoms with Crippen molar-refractivity contribution >= 4 is 54.5 Å². The van der Waals surface area contributed by atoms with Gasteiger partial charge in [-0.25, -0.2) is 4.98 Å². The molecule has 0 bridgehead atoms. The van der Waals surface area contributed by atoms with Gasteiger partial charge in [-0.15, -0.1) is 0 Å². The van der Waals surface area contributed by atoms with Gasteiger partial charge in [-0.05, 0) is 147 Å². The molecule has 2 aromatic heterocycles. The van der Waals surface area contributed by atoms with E-state index >= 15 is 0 Å². The fourth-order valence-electron chi connectivity index (χ4n) is 10.1. The average Bonchev–Trinajstić information content (AvgIpc) is 4.17. The number of hydrogen-bond donors (Lipinski definition) is 0. The van der Waals surface area contributed by atoms with Gasteiger partial charge in [-0.1, -0.05) is 120 Å². The monoisotopic (exact) mass is 728 g/mol. The zero-order valence-corrected chi connectivity index (χ0v) is 33.1. The second kappa shape index (κ2) is 12.4. The van der Waals surface area contributed by atoms with E-state index in [2.05, 4.69) is 167 Å². The van der Waals surface area contributed by atoms with Crippen LogP contribution >= 0.6 is 0 Å². The summed E-state index contributed by atoms with van der Waals surface area (Å²) in [5.41, 5.74) is 13.2. The molecule has 7 aromatic carbocycles. The molecule has 11 rings (SSSR count). The summed E-state index contributed by atoms with van der Waals surface area (Å²) in [6.07, 6.45) is 5.54. The standard InChI is InChI=1S/C53H48N2O/c1-31(2)43-28-36(33-19-21-37(22-20-33)53(5,38-23-24-38)39-25-26-39)29-44(32(3)4)50(43)55-48-16-9-8-15-47(48)54-52(55)42-14-10-13-41-46-27-35-18-17-34-11-6-7-12-40(34)45(35)30-49(46)56-51(41)42/h6-22,27-32,38-39H,23-26H2,1-5H3. The number of hydrogen-bond acceptors (Lipinski definition) is 2. The maximum Gasteiger partial charge on any atom is 0.149 e. The largest absolute Gasteiger partial charge is 0.455 e. The Morgan fingerprint density at radius 3 is 1.98 bits per heavy atom. The molecule has 2 aliphatic rings.